The van der Waals surface area contributed by atoms with Crippen molar-refractivity contribution in [2.24, 2.45) is 0 Å². The Labute approximate surface area is 123 Å². The molecule has 0 fully saturated rings. The van der Waals surface area contributed by atoms with Gasteiger partial charge in [-0.25, -0.2) is 8.78 Å². The van der Waals surface area contributed by atoms with Crippen molar-refractivity contribution < 1.29 is 13.5 Å². The SMILES string of the molecule is COc1ccc(Br)c(CSc2ccc(F)c(F)c2)c1. The molecule has 5 heteroatoms. The minimum Gasteiger partial charge on any atom is -0.497 e. The van der Waals surface area contributed by atoms with E-state index < -0.39 is 11.6 Å². The summed E-state index contributed by atoms with van der Waals surface area (Å²) in [6.07, 6.45) is 0. The van der Waals surface area contributed by atoms with Crippen LogP contribution in [0.1, 0.15) is 5.56 Å². The Hall–Kier alpha value is -1.07. The van der Waals surface area contributed by atoms with Crippen LogP contribution in [0.4, 0.5) is 8.78 Å². The normalized spacial score (nSPS) is 10.5. The summed E-state index contributed by atoms with van der Waals surface area (Å²) in [5, 5.41) is 0. The maximum Gasteiger partial charge on any atom is 0.159 e. The molecule has 0 amide bonds. The molecule has 0 aromatic heterocycles. The molecule has 0 saturated carbocycles. The topological polar surface area (TPSA) is 9.23 Å². The Morgan fingerprint density at radius 2 is 1.89 bits per heavy atom. The van der Waals surface area contributed by atoms with Gasteiger partial charge in [-0.15, -0.1) is 11.8 Å². The molecule has 0 spiro atoms. The molecule has 100 valence electrons. The minimum atomic E-state index is -0.827. The largest absolute Gasteiger partial charge is 0.497 e. The fraction of sp³-hybridized carbons (Fsp3) is 0.143. The summed E-state index contributed by atoms with van der Waals surface area (Å²) < 4.78 is 32.0. The van der Waals surface area contributed by atoms with E-state index in [1.807, 2.05) is 18.2 Å². The highest BCUT2D eigenvalue weighted by Crippen LogP contribution is 2.30. The number of ether oxygens (including phenoxy) is 1. The summed E-state index contributed by atoms with van der Waals surface area (Å²) in [5.74, 6) is -0.242. The summed E-state index contributed by atoms with van der Waals surface area (Å²) >= 11 is 4.89. The van der Waals surface area contributed by atoms with Gasteiger partial charge in [-0.3, -0.25) is 0 Å². The van der Waals surface area contributed by atoms with E-state index in [2.05, 4.69) is 15.9 Å². The molecule has 0 aliphatic rings. The summed E-state index contributed by atoms with van der Waals surface area (Å²) in [6, 6.07) is 9.58. The van der Waals surface area contributed by atoms with E-state index in [0.717, 1.165) is 21.9 Å². The Balaban J connectivity index is 2.11. The molecular weight excluding hydrogens is 334 g/mol. The lowest BCUT2D eigenvalue weighted by molar-refractivity contribution is 0.414. The van der Waals surface area contributed by atoms with E-state index in [0.29, 0.717) is 10.6 Å². The van der Waals surface area contributed by atoms with Gasteiger partial charge in [0.15, 0.2) is 11.6 Å². The molecule has 0 radical (unpaired) electrons. The summed E-state index contributed by atoms with van der Waals surface area (Å²) in [6.45, 7) is 0. The molecule has 1 nitrogen and oxygen atoms in total. The molecule has 2 aromatic rings. The second-order valence-electron chi connectivity index (χ2n) is 3.82. The second kappa shape index (κ2) is 6.39. The first-order chi connectivity index (χ1) is 9.10. The number of rotatable bonds is 4. The van der Waals surface area contributed by atoms with Gasteiger partial charge in [0.1, 0.15) is 5.75 Å². The van der Waals surface area contributed by atoms with Crippen LogP contribution in [0.2, 0.25) is 0 Å². The number of hydrogen-bond donors (Lipinski definition) is 0. The fourth-order valence-corrected chi connectivity index (χ4v) is 3.00. The second-order valence-corrected chi connectivity index (χ2v) is 5.73. The lowest BCUT2D eigenvalue weighted by atomic mass is 10.2. The van der Waals surface area contributed by atoms with Crippen molar-refractivity contribution in [3.05, 3.63) is 58.1 Å². The molecule has 19 heavy (non-hydrogen) atoms. The van der Waals surface area contributed by atoms with Gasteiger partial charge >= 0.3 is 0 Å². The van der Waals surface area contributed by atoms with Crippen molar-refractivity contribution in [1.82, 2.24) is 0 Å². The van der Waals surface area contributed by atoms with Crippen molar-refractivity contribution >= 4 is 27.7 Å². The maximum atomic E-state index is 13.1. The molecule has 0 N–H and O–H groups in total. The van der Waals surface area contributed by atoms with Crippen molar-refractivity contribution in [3.63, 3.8) is 0 Å². The first kappa shape index (κ1) is 14.3. The van der Waals surface area contributed by atoms with Crippen LogP contribution >= 0.6 is 27.7 Å². The van der Waals surface area contributed by atoms with Crippen LogP contribution in [0.3, 0.4) is 0 Å². The smallest absolute Gasteiger partial charge is 0.159 e. The molecule has 2 rings (SSSR count). The predicted octanol–water partition coefficient (Wildman–Crippen LogP) is 5.03. The Kier molecular flexibility index (Phi) is 4.82. The van der Waals surface area contributed by atoms with Gasteiger partial charge in [0.05, 0.1) is 7.11 Å². The number of hydrogen-bond acceptors (Lipinski definition) is 2. The predicted molar refractivity (Wildman–Crippen MR) is 76.6 cm³/mol. The number of halogens is 3. The zero-order chi connectivity index (χ0) is 13.8. The zero-order valence-electron chi connectivity index (χ0n) is 10.1. The summed E-state index contributed by atoms with van der Waals surface area (Å²) in [4.78, 5) is 0.689. The van der Waals surface area contributed by atoms with E-state index in [9.17, 15) is 8.78 Å². The first-order valence-corrected chi connectivity index (χ1v) is 7.28. The van der Waals surface area contributed by atoms with Crippen LogP contribution in [-0.4, -0.2) is 7.11 Å². The average molecular weight is 345 g/mol. The van der Waals surface area contributed by atoms with Crippen LogP contribution in [0.5, 0.6) is 5.75 Å². The van der Waals surface area contributed by atoms with Crippen molar-refractivity contribution in [3.8, 4) is 5.75 Å². The van der Waals surface area contributed by atoms with Gasteiger partial charge in [-0.1, -0.05) is 15.9 Å². The highest BCUT2D eigenvalue weighted by atomic mass is 79.9. The quantitative estimate of drug-likeness (QED) is 0.719. The third-order valence-corrected chi connectivity index (χ3v) is 4.35. The molecule has 0 heterocycles. The third kappa shape index (κ3) is 3.70. The molecule has 2 aromatic carbocycles. The minimum absolute atomic E-state index is 0.642. The number of thioether (sulfide) groups is 1. The van der Waals surface area contributed by atoms with Gasteiger partial charge in [-0.05, 0) is 42.0 Å². The van der Waals surface area contributed by atoms with E-state index in [1.54, 1.807) is 13.2 Å². The van der Waals surface area contributed by atoms with E-state index >= 15 is 0 Å². The summed E-state index contributed by atoms with van der Waals surface area (Å²) in [7, 11) is 1.61. The molecule has 0 atom stereocenters. The van der Waals surface area contributed by atoms with Crippen LogP contribution in [0.15, 0.2) is 45.8 Å². The molecule has 0 unspecified atom stereocenters. The molecule has 0 aliphatic heterocycles. The fourth-order valence-electron chi connectivity index (χ4n) is 1.52. The van der Waals surface area contributed by atoms with Gasteiger partial charge in [0.2, 0.25) is 0 Å². The van der Waals surface area contributed by atoms with Crippen LogP contribution in [-0.2, 0) is 5.75 Å². The van der Waals surface area contributed by atoms with Crippen molar-refractivity contribution in [2.75, 3.05) is 7.11 Å². The highest BCUT2D eigenvalue weighted by molar-refractivity contribution is 9.10. The Morgan fingerprint density at radius 1 is 1.11 bits per heavy atom. The van der Waals surface area contributed by atoms with Crippen molar-refractivity contribution in [1.29, 1.82) is 0 Å². The number of methoxy groups -OCH3 is 1. The lowest BCUT2D eigenvalue weighted by Gasteiger charge is -2.07. The lowest BCUT2D eigenvalue weighted by Crippen LogP contribution is -1.88. The van der Waals surface area contributed by atoms with E-state index in [1.165, 1.54) is 17.8 Å². The van der Waals surface area contributed by atoms with Gasteiger partial charge in [0.25, 0.3) is 0 Å². The average Bonchev–Trinajstić information content (AvgIpc) is 2.41. The Bertz CT molecular complexity index is 590. The van der Waals surface area contributed by atoms with Gasteiger partial charge in [-0.2, -0.15) is 0 Å². The third-order valence-electron chi connectivity index (χ3n) is 2.54. The molecule has 0 aliphatic carbocycles. The highest BCUT2D eigenvalue weighted by Gasteiger charge is 2.06. The monoisotopic (exact) mass is 344 g/mol. The first-order valence-electron chi connectivity index (χ1n) is 5.50. The zero-order valence-corrected chi connectivity index (χ0v) is 12.5. The molecular formula is C14H11BrF2OS. The van der Waals surface area contributed by atoms with Gasteiger partial charge < -0.3 is 4.74 Å². The van der Waals surface area contributed by atoms with Crippen LogP contribution in [0, 0.1) is 11.6 Å². The van der Waals surface area contributed by atoms with E-state index in [4.69, 9.17) is 4.74 Å². The number of benzene rings is 2. The van der Waals surface area contributed by atoms with Crippen LogP contribution < -0.4 is 4.74 Å². The maximum absolute atomic E-state index is 13.1. The Morgan fingerprint density at radius 3 is 2.58 bits per heavy atom. The standard InChI is InChI=1S/C14H11BrF2OS/c1-18-10-2-4-12(15)9(6-10)8-19-11-3-5-13(16)14(17)7-11/h2-7H,8H2,1H3. The van der Waals surface area contributed by atoms with Crippen molar-refractivity contribution in [2.45, 2.75) is 10.6 Å². The van der Waals surface area contributed by atoms with E-state index in [-0.39, 0.29) is 0 Å². The summed E-state index contributed by atoms with van der Waals surface area (Å²) in [5.41, 5.74) is 1.04. The molecule has 0 saturated heterocycles. The molecule has 0 bridgehead atoms. The van der Waals surface area contributed by atoms with Crippen LogP contribution in [0.25, 0.3) is 0 Å². The van der Waals surface area contributed by atoms with Gasteiger partial charge in [0, 0.05) is 15.1 Å².